The zero-order valence-electron chi connectivity index (χ0n) is 11.4. The highest BCUT2D eigenvalue weighted by Crippen LogP contribution is 2.19. The van der Waals surface area contributed by atoms with Crippen LogP contribution in [0.25, 0.3) is 5.57 Å². The van der Waals surface area contributed by atoms with Crippen LogP contribution >= 0.6 is 11.6 Å². The van der Waals surface area contributed by atoms with Crippen molar-refractivity contribution in [2.24, 2.45) is 0 Å². The van der Waals surface area contributed by atoms with E-state index in [1.807, 2.05) is 42.5 Å². The van der Waals surface area contributed by atoms with Crippen molar-refractivity contribution in [2.75, 3.05) is 0 Å². The van der Waals surface area contributed by atoms with Crippen molar-refractivity contribution in [3.63, 3.8) is 0 Å². The van der Waals surface area contributed by atoms with Gasteiger partial charge in [-0.25, -0.2) is 0 Å². The van der Waals surface area contributed by atoms with E-state index < -0.39 is 6.10 Å². The van der Waals surface area contributed by atoms with Crippen LogP contribution in [0.4, 0.5) is 0 Å². The number of rotatable bonds is 4. The highest BCUT2D eigenvalue weighted by atomic mass is 35.5. The molecule has 20 heavy (non-hydrogen) atoms. The largest absolute Gasteiger partial charge is 0.384 e. The van der Waals surface area contributed by atoms with Crippen LogP contribution in [-0.2, 0) is 0 Å². The second-order valence-electron chi connectivity index (χ2n) is 4.51. The number of aliphatic hydroxyl groups is 1. The van der Waals surface area contributed by atoms with Gasteiger partial charge < -0.3 is 5.11 Å². The summed E-state index contributed by atoms with van der Waals surface area (Å²) in [5.41, 5.74) is 6.23. The first-order chi connectivity index (χ1) is 9.70. The quantitative estimate of drug-likeness (QED) is 0.782. The van der Waals surface area contributed by atoms with Crippen LogP contribution in [-0.4, -0.2) is 5.11 Å². The molecule has 102 valence electrons. The van der Waals surface area contributed by atoms with E-state index >= 15 is 0 Å². The fourth-order valence-corrected chi connectivity index (χ4v) is 2.09. The van der Waals surface area contributed by atoms with E-state index in [0.717, 1.165) is 23.1 Å². The number of benzene rings is 2. The van der Waals surface area contributed by atoms with E-state index in [0.29, 0.717) is 5.02 Å². The summed E-state index contributed by atoms with van der Waals surface area (Å²) in [5.74, 6) is 0. The lowest BCUT2D eigenvalue weighted by molar-refractivity contribution is 0.229. The molecule has 0 amide bonds. The van der Waals surface area contributed by atoms with Gasteiger partial charge in [0, 0.05) is 10.6 Å². The molecule has 1 unspecified atom stereocenters. The van der Waals surface area contributed by atoms with E-state index in [1.165, 1.54) is 0 Å². The van der Waals surface area contributed by atoms with Gasteiger partial charge in [0.05, 0.1) is 0 Å². The maximum absolute atomic E-state index is 10.1. The molecule has 0 spiro atoms. The van der Waals surface area contributed by atoms with Crippen LogP contribution in [0, 0.1) is 0 Å². The minimum Gasteiger partial charge on any atom is -0.384 e. The zero-order valence-corrected chi connectivity index (χ0v) is 12.1. The van der Waals surface area contributed by atoms with E-state index in [4.69, 9.17) is 11.6 Å². The minimum atomic E-state index is -0.669. The second-order valence-corrected chi connectivity index (χ2v) is 4.94. The average Bonchev–Trinajstić information content (AvgIpc) is 2.49. The molecule has 0 saturated carbocycles. The maximum atomic E-state index is 10.1. The monoisotopic (exact) mass is 284 g/mol. The van der Waals surface area contributed by atoms with Crippen LogP contribution in [0.1, 0.15) is 30.6 Å². The third-order valence-corrected chi connectivity index (χ3v) is 3.35. The van der Waals surface area contributed by atoms with Crippen molar-refractivity contribution in [1.82, 2.24) is 0 Å². The van der Waals surface area contributed by atoms with Gasteiger partial charge in [0.1, 0.15) is 6.10 Å². The van der Waals surface area contributed by atoms with Crippen LogP contribution < -0.4 is 0 Å². The summed E-state index contributed by atoms with van der Waals surface area (Å²) in [7, 11) is 0. The van der Waals surface area contributed by atoms with Gasteiger partial charge in [0.15, 0.2) is 0 Å². The molecule has 0 fully saturated rings. The van der Waals surface area contributed by atoms with Gasteiger partial charge in [-0.3, -0.25) is 0 Å². The highest BCUT2D eigenvalue weighted by molar-refractivity contribution is 6.30. The van der Waals surface area contributed by atoms with Gasteiger partial charge in [-0.15, -0.1) is 5.73 Å². The van der Waals surface area contributed by atoms with Crippen LogP contribution in [0.15, 0.2) is 66.4 Å². The lowest BCUT2D eigenvalue weighted by Crippen LogP contribution is -1.91. The Balaban J connectivity index is 2.25. The van der Waals surface area contributed by atoms with E-state index in [9.17, 15) is 5.11 Å². The molecule has 0 heterocycles. The van der Waals surface area contributed by atoms with Crippen molar-refractivity contribution in [1.29, 1.82) is 0 Å². The molecule has 2 aromatic carbocycles. The molecule has 0 bridgehead atoms. The molecule has 2 rings (SSSR count). The third kappa shape index (κ3) is 3.85. The van der Waals surface area contributed by atoms with Crippen molar-refractivity contribution in [2.45, 2.75) is 19.4 Å². The Bertz CT molecular complexity index is 608. The Hall–Kier alpha value is -1.79. The fraction of sp³-hybridized carbons (Fsp3) is 0.167. The van der Waals surface area contributed by atoms with Crippen molar-refractivity contribution in [3.05, 3.63) is 82.6 Å². The molecule has 1 N–H and O–H groups in total. The molecular formula is C18H17ClO. The molecule has 0 aliphatic rings. The summed E-state index contributed by atoms with van der Waals surface area (Å²) in [4.78, 5) is 0. The Morgan fingerprint density at radius 3 is 2.40 bits per heavy atom. The van der Waals surface area contributed by atoms with Crippen molar-refractivity contribution in [3.8, 4) is 0 Å². The van der Waals surface area contributed by atoms with Gasteiger partial charge >= 0.3 is 0 Å². The third-order valence-electron chi connectivity index (χ3n) is 3.10. The van der Waals surface area contributed by atoms with Gasteiger partial charge in [-0.1, -0.05) is 61.0 Å². The lowest BCUT2D eigenvalue weighted by atomic mass is 10.0. The van der Waals surface area contributed by atoms with Crippen LogP contribution in [0.5, 0.6) is 0 Å². The molecule has 0 aromatic heterocycles. The minimum absolute atomic E-state index is 0.666. The van der Waals surface area contributed by atoms with Crippen molar-refractivity contribution >= 4 is 17.2 Å². The van der Waals surface area contributed by atoms with E-state index in [1.54, 1.807) is 18.2 Å². The first kappa shape index (κ1) is 14.6. The Labute approximate surface area is 124 Å². The Kier molecular flexibility index (Phi) is 5.20. The summed E-state index contributed by atoms with van der Waals surface area (Å²) in [6.45, 7) is 2.08. The predicted octanol–water partition coefficient (Wildman–Crippen LogP) is 5.02. The molecule has 2 heteroatoms. The number of hydrogen-bond donors (Lipinski definition) is 1. The van der Waals surface area contributed by atoms with Crippen LogP contribution in [0.3, 0.4) is 0 Å². The van der Waals surface area contributed by atoms with Gasteiger partial charge in [-0.2, -0.15) is 0 Å². The Morgan fingerprint density at radius 2 is 1.80 bits per heavy atom. The molecule has 2 aromatic rings. The summed E-state index contributed by atoms with van der Waals surface area (Å²) in [6, 6.07) is 17.3. The molecule has 1 nitrogen and oxygen atoms in total. The average molecular weight is 285 g/mol. The maximum Gasteiger partial charge on any atom is 0.104 e. The number of aliphatic hydroxyl groups excluding tert-OH is 1. The summed E-state index contributed by atoms with van der Waals surface area (Å²) in [5, 5.41) is 10.8. The summed E-state index contributed by atoms with van der Waals surface area (Å²) in [6.07, 6.45) is 1.89. The molecule has 0 aliphatic carbocycles. The van der Waals surface area contributed by atoms with E-state index in [-0.39, 0.29) is 0 Å². The highest BCUT2D eigenvalue weighted by Gasteiger charge is 2.03. The van der Waals surface area contributed by atoms with Crippen molar-refractivity contribution < 1.29 is 5.11 Å². The number of hydrogen-bond acceptors (Lipinski definition) is 1. The van der Waals surface area contributed by atoms with Gasteiger partial charge in [-0.05, 0) is 35.8 Å². The van der Waals surface area contributed by atoms with Gasteiger partial charge in [0.2, 0.25) is 0 Å². The zero-order chi connectivity index (χ0) is 14.4. The van der Waals surface area contributed by atoms with E-state index in [2.05, 4.69) is 12.7 Å². The molecule has 0 saturated heterocycles. The second kappa shape index (κ2) is 7.12. The number of halogens is 1. The predicted molar refractivity (Wildman–Crippen MR) is 84.6 cm³/mol. The van der Waals surface area contributed by atoms with Gasteiger partial charge in [0.25, 0.3) is 0 Å². The summed E-state index contributed by atoms with van der Waals surface area (Å²) >= 11 is 5.83. The standard InChI is InChI=1S/C18H17ClO/c1-2-14(15-6-4-3-5-7-15)10-13-18(20)16-8-11-17(19)12-9-16/h3-9,11-13,18,20H,2H2,1H3. The molecule has 0 radical (unpaired) electrons. The molecule has 1 atom stereocenters. The first-order valence-electron chi connectivity index (χ1n) is 6.65. The lowest BCUT2D eigenvalue weighted by Gasteiger charge is -2.05. The topological polar surface area (TPSA) is 20.2 Å². The first-order valence-corrected chi connectivity index (χ1v) is 7.03. The normalized spacial score (nSPS) is 11.6. The molecular weight excluding hydrogens is 268 g/mol. The Morgan fingerprint density at radius 1 is 1.15 bits per heavy atom. The van der Waals surface area contributed by atoms with Crippen LogP contribution in [0.2, 0.25) is 5.02 Å². The fourth-order valence-electron chi connectivity index (χ4n) is 1.96. The summed E-state index contributed by atoms with van der Waals surface area (Å²) < 4.78 is 0. The molecule has 0 aliphatic heterocycles. The smallest absolute Gasteiger partial charge is 0.104 e. The SMILES string of the molecule is CCC(=C=CC(O)c1ccc(Cl)cc1)c1ccccc1.